The molecule has 0 spiro atoms. The van der Waals surface area contributed by atoms with Crippen molar-refractivity contribution in [2.75, 3.05) is 18.4 Å². The van der Waals surface area contributed by atoms with Crippen molar-refractivity contribution < 1.29 is 19.1 Å². The molecular formula is C23H29N3O4. The first kappa shape index (κ1) is 21.6. The van der Waals surface area contributed by atoms with Gasteiger partial charge in [0.1, 0.15) is 5.60 Å². The first-order valence-corrected chi connectivity index (χ1v) is 10.2. The Hall–Kier alpha value is -3.09. The number of ether oxygens (including phenoxy) is 1. The molecule has 1 aliphatic heterocycles. The Labute approximate surface area is 176 Å². The molecule has 0 unspecified atom stereocenters. The molecule has 0 aliphatic carbocycles. The van der Waals surface area contributed by atoms with Crippen LogP contribution in [0.1, 0.15) is 50.4 Å². The van der Waals surface area contributed by atoms with Crippen LogP contribution in [0.25, 0.3) is 10.8 Å². The van der Waals surface area contributed by atoms with Crippen LogP contribution in [0.2, 0.25) is 0 Å². The molecule has 1 fully saturated rings. The summed E-state index contributed by atoms with van der Waals surface area (Å²) < 4.78 is 5.37. The lowest BCUT2D eigenvalue weighted by atomic mass is 9.92. The van der Waals surface area contributed by atoms with E-state index < -0.39 is 11.7 Å². The molecule has 0 aromatic heterocycles. The third-order valence-corrected chi connectivity index (χ3v) is 5.14. The summed E-state index contributed by atoms with van der Waals surface area (Å²) in [5, 5.41) is 4.58. The summed E-state index contributed by atoms with van der Waals surface area (Å²) in [7, 11) is 0. The van der Waals surface area contributed by atoms with Crippen molar-refractivity contribution in [2.24, 2.45) is 11.7 Å². The first-order valence-electron chi connectivity index (χ1n) is 10.2. The van der Waals surface area contributed by atoms with E-state index in [2.05, 4.69) is 5.32 Å². The highest BCUT2D eigenvalue weighted by Crippen LogP contribution is 2.28. The third-order valence-electron chi connectivity index (χ3n) is 5.14. The van der Waals surface area contributed by atoms with Gasteiger partial charge in [-0.25, -0.2) is 4.79 Å². The Morgan fingerprint density at radius 3 is 2.27 bits per heavy atom. The topological polar surface area (TPSA) is 102 Å². The lowest BCUT2D eigenvalue weighted by molar-refractivity contribution is -0.119. The van der Waals surface area contributed by atoms with Gasteiger partial charge < -0.3 is 15.4 Å². The molecule has 1 heterocycles. The molecule has 2 aromatic carbocycles. The highest BCUT2D eigenvalue weighted by Gasteiger charge is 2.27. The molecule has 160 valence electrons. The number of nitrogens with one attached hydrogen (secondary N) is 1. The lowest BCUT2D eigenvalue weighted by Gasteiger charge is -2.32. The number of anilines is 1. The molecule has 30 heavy (non-hydrogen) atoms. The van der Waals surface area contributed by atoms with E-state index in [1.54, 1.807) is 37.8 Å². The lowest BCUT2D eigenvalue weighted by Crippen LogP contribution is -2.39. The maximum Gasteiger partial charge on any atom is 0.412 e. The summed E-state index contributed by atoms with van der Waals surface area (Å²) in [6.07, 6.45) is 1.21. The van der Waals surface area contributed by atoms with Crippen molar-refractivity contribution in [3.63, 3.8) is 0 Å². The standard InChI is InChI=1S/C23H29N3O4/c1-23(2,3)30-22(29)25-19-14-17-7-5-4-6-16(17)13-18(19)21(28)26-10-8-15(9-11-26)12-20(24)27/h4-7,13-15H,8-12H2,1-3H3,(H2,24,27)(H,25,29). The van der Waals surface area contributed by atoms with E-state index in [0.29, 0.717) is 30.8 Å². The zero-order valence-electron chi connectivity index (χ0n) is 17.7. The van der Waals surface area contributed by atoms with Crippen LogP contribution in [0.15, 0.2) is 36.4 Å². The summed E-state index contributed by atoms with van der Waals surface area (Å²) >= 11 is 0. The number of carbonyl (C=O) groups excluding carboxylic acids is 3. The van der Waals surface area contributed by atoms with Crippen molar-refractivity contribution >= 4 is 34.4 Å². The summed E-state index contributed by atoms with van der Waals surface area (Å²) in [5.41, 5.74) is 5.50. The summed E-state index contributed by atoms with van der Waals surface area (Å²) in [4.78, 5) is 38.6. The SMILES string of the molecule is CC(C)(C)OC(=O)Nc1cc2ccccc2cc1C(=O)N1CCC(CC(N)=O)CC1. The quantitative estimate of drug-likeness (QED) is 0.796. The number of rotatable bonds is 4. The average molecular weight is 412 g/mol. The predicted octanol–water partition coefficient (Wildman–Crippen LogP) is 3.91. The minimum atomic E-state index is -0.645. The Balaban J connectivity index is 1.85. The van der Waals surface area contributed by atoms with Gasteiger partial charge in [-0.05, 0) is 62.4 Å². The van der Waals surface area contributed by atoms with Gasteiger partial charge in [-0.2, -0.15) is 0 Å². The molecule has 7 nitrogen and oxygen atoms in total. The molecule has 7 heteroatoms. The summed E-state index contributed by atoms with van der Waals surface area (Å²) in [6.45, 7) is 6.46. The van der Waals surface area contributed by atoms with Gasteiger partial charge in [-0.1, -0.05) is 24.3 Å². The normalized spacial score (nSPS) is 15.1. The number of benzene rings is 2. The second-order valence-electron chi connectivity index (χ2n) is 8.78. The summed E-state index contributed by atoms with van der Waals surface area (Å²) in [6, 6.07) is 11.3. The third kappa shape index (κ3) is 5.49. The fourth-order valence-corrected chi connectivity index (χ4v) is 3.73. The van der Waals surface area contributed by atoms with Crippen LogP contribution in [0, 0.1) is 5.92 Å². The minimum Gasteiger partial charge on any atom is -0.444 e. The molecule has 0 bridgehead atoms. The number of amides is 3. The van der Waals surface area contributed by atoms with E-state index in [4.69, 9.17) is 10.5 Å². The maximum absolute atomic E-state index is 13.3. The van der Waals surface area contributed by atoms with Crippen LogP contribution in [-0.2, 0) is 9.53 Å². The van der Waals surface area contributed by atoms with Crippen LogP contribution < -0.4 is 11.1 Å². The zero-order chi connectivity index (χ0) is 21.9. The van der Waals surface area contributed by atoms with Gasteiger partial charge in [0, 0.05) is 19.5 Å². The van der Waals surface area contributed by atoms with Gasteiger partial charge in [-0.3, -0.25) is 14.9 Å². The highest BCUT2D eigenvalue weighted by molar-refractivity contribution is 6.07. The van der Waals surface area contributed by atoms with Gasteiger partial charge >= 0.3 is 6.09 Å². The van der Waals surface area contributed by atoms with Gasteiger partial charge in [0.15, 0.2) is 0 Å². The fourth-order valence-electron chi connectivity index (χ4n) is 3.73. The number of piperidine rings is 1. The molecule has 0 saturated carbocycles. The van der Waals surface area contributed by atoms with E-state index in [0.717, 1.165) is 23.6 Å². The number of fused-ring (bicyclic) bond motifs is 1. The van der Waals surface area contributed by atoms with Gasteiger partial charge in [0.25, 0.3) is 5.91 Å². The van der Waals surface area contributed by atoms with Crippen molar-refractivity contribution in [1.82, 2.24) is 4.90 Å². The van der Waals surface area contributed by atoms with Crippen LogP contribution in [-0.4, -0.2) is 41.5 Å². The molecule has 3 amide bonds. The number of nitrogens with zero attached hydrogens (tertiary/aromatic N) is 1. The van der Waals surface area contributed by atoms with E-state index in [1.807, 2.05) is 24.3 Å². The first-order chi connectivity index (χ1) is 14.1. The second-order valence-corrected chi connectivity index (χ2v) is 8.78. The van der Waals surface area contributed by atoms with Gasteiger partial charge in [0.05, 0.1) is 11.3 Å². The highest BCUT2D eigenvalue weighted by atomic mass is 16.6. The van der Waals surface area contributed by atoms with E-state index in [1.165, 1.54) is 0 Å². The second kappa shape index (κ2) is 8.73. The fraction of sp³-hybridized carbons (Fsp3) is 0.435. The Kier molecular flexibility index (Phi) is 6.29. The van der Waals surface area contributed by atoms with Crippen LogP contribution >= 0.6 is 0 Å². The average Bonchev–Trinajstić information content (AvgIpc) is 2.65. The van der Waals surface area contributed by atoms with Crippen molar-refractivity contribution in [1.29, 1.82) is 0 Å². The number of hydrogen-bond donors (Lipinski definition) is 2. The number of hydrogen-bond acceptors (Lipinski definition) is 4. The maximum atomic E-state index is 13.3. The Morgan fingerprint density at radius 1 is 1.10 bits per heavy atom. The molecule has 1 aliphatic rings. The molecule has 0 radical (unpaired) electrons. The molecule has 2 aromatic rings. The number of likely N-dealkylation sites (tertiary alicyclic amines) is 1. The van der Waals surface area contributed by atoms with Crippen molar-refractivity contribution in [3.05, 3.63) is 42.0 Å². The van der Waals surface area contributed by atoms with Crippen molar-refractivity contribution in [2.45, 2.75) is 45.6 Å². The largest absolute Gasteiger partial charge is 0.444 e. The van der Waals surface area contributed by atoms with E-state index >= 15 is 0 Å². The summed E-state index contributed by atoms with van der Waals surface area (Å²) in [5.74, 6) is -0.245. The smallest absolute Gasteiger partial charge is 0.412 e. The molecular weight excluding hydrogens is 382 g/mol. The monoisotopic (exact) mass is 411 g/mol. The van der Waals surface area contributed by atoms with Crippen molar-refractivity contribution in [3.8, 4) is 0 Å². The Morgan fingerprint density at radius 2 is 1.70 bits per heavy atom. The van der Waals surface area contributed by atoms with Crippen LogP contribution in [0.5, 0.6) is 0 Å². The number of nitrogens with two attached hydrogens (primary N) is 1. The molecule has 3 N–H and O–H groups in total. The minimum absolute atomic E-state index is 0.149. The van der Waals surface area contributed by atoms with Crippen LogP contribution in [0.3, 0.4) is 0 Å². The Bertz CT molecular complexity index is 957. The van der Waals surface area contributed by atoms with Crippen LogP contribution in [0.4, 0.5) is 10.5 Å². The zero-order valence-corrected chi connectivity index (χ0v) is 17.7. The van der Waals surface area contributed by atoms with E-state index in [9.17, 15) is 14.4 Å². The molecule has 0 atom stereocenters. The van der Waals surface area contributed by atoms with E-state index in [-0.39, 0.29) is 17.7 Å². The molecule has 3 rings (SSSR count). The predicted molar refractivity (Wildman–Crippen MR) is 116 cm³/mol. The molecule has 1 saturated heterocycles. The van der Waals surface area contributed by atoms with Gasteiger partial charge in [-0.15, -0.1) is 0 Å². The van der Waals surface area contributed by atoms with Gasteiger partial charge in [0.2, 0.25) is 5.91 Å². The number of primary amides is 1. The number of carbonyl (C=O) groups is 3.